The van der Waals surface area contributed by atoms with E-state index in [9.17, 15) is 14.7 Å². The highest BCUT2D eigenvalue weighted by molar-refractivity contribution is 7.15. The first-order chi connectivity index (χ1) is 14.5. The van der Waals surface area contributed by atoms with Crippen LogP contribution < -0.4 is 14.8 Å². The summed E-state index contributed by atoms with van der Waals surface area (Å²) in [5.41, 5.74) is 2.75. The molecule has 2 heterocycles. The first kappa shape index (κ1) is 20.0. The molecule has 154 valence electrons. The van der Waals surface area contributed by atoms with Gasteiger partial charge in [-0.2, -0.15) is 0 Å². The van der Waals surface area contributed by atoms with Gasteiger partial charge in [0, 0.05) is 22.8 Å². The molecule has 30 heavy (non-hydrogen) atoms. The predicted molar refractivity (Wildman–Crippen MR) is 116 cm³/mol. The number of carboxylic acids is 1. The third kappa shape index (κ3) is 3.64. The number of carbonyl (C=O) groups is 2. The Morgan fingerprint density at radius 1 is 1.20 bits per heavy atom. The highest BCUT2D eigenvalue weighted by atomic mass is 32.1. The maximum Gasteiger partial charge on any atom is 0.346 e. The Bertz CT molecular complexity index is 1100. The molecule has 1 amide bonds. The number of benzene rings is 2. The smallest absolute Gasteiger partial charge is 0.346 e. The number of hydrogen-bond donors (Lipinski definition) is 2. The summed E-state index contributed by atoms with van der Waals surface area (Å²) >= 11 is 1.21. The summed E-state index contributed by atoms with van der Waals surface area (Å²) in [5.74, 6) is 0.0154. The monoisotopic (exact) mass is 423 g/mol. The van der Waals surface area contributed by atoms with Gasteiger partial charge in [0.15, 0.2) is 0 Å². The number of hydrogen-bond acceptors (Lipinski definition) is 5. The van der Waals surface area contributed by atoms with Gasteiger partial charge in [-0.1, -0.05) is 24.3 Å². The zero-order valence-electron chi connectivity index (χ0n) is 16.6. The second-order valence-corrected chi connectivity index (χ2v) is 7.94. The fraction of sp³-hybridized carbons (Fsp3) is 0.217. The molecule has 0 spiro atoms. The third-order valence-corrected chi connectivity index (χ3v) is 6.34. The van der Waals surface area contributed by atoms with E-state index in [2.05, 4.69) is 5.32 Å². The van der Waals surface area contributed by atoms with E-state index >= 15 is 0 Å². The molecule has 1 aliphatic heterocycles. The Morgan fingerprint density at radius 3 is 2.63 bits per heavy atom. The normalized spacial score (nSPS) is 15.3. The van der Waals surface area contributed by atoms with Crippen molar-refractivity contribution in [3.05, 3.63) is 63.8 Å². The van der Waals surface area contributed by atoms with Gasteiger partial charge in [-0.3, -0.25) is 4.79 Å². The zero-order chi connectivity index (χ0) is 21.3. The maximum atomic E-state index is 12.6. The summed E-state index contributed by atoms with van der Waals surface area (Å²) in [7, 11) is 1.57. The van der Waals surface area contributed by atoms with Crippen molar-refractivity contribution in [3.8, 4) is 22.6 Å². The molecule has 0 saturated carbocycles. The van der Waals surface area contributed by atoms with Crippen LogP contribution >= 0.6 is 11.3 Å². The van der Waals surface area contributed by atoms with Crippen LogP contribution in [0.1, 0.15) is 39.4 Å². The summed E-state index contributed by atoms with van der Waals surface area (Å²) in [6.45, 7) is 2.46. The number of nitrogens with one attached hydrogen (secondary N) is 1. The lowest BCUT2D eigenvalue weighted by atomic mass is 9.88. The fourth-order valence-corrected chi connectivity index (χ4v) is 4.97. The Morgan fingerprint density at radius 2 is 1.97 bits per heavy atom. The number of carbonyl (C=O) groups excluding carboxylic acids is 1. The van der Waals surface area contributed by atoms with E-state index in [0.717, 1.165) is 21.8 Å². The molecular formula is C23H21NO5S. The van der Waals surface area contributed by atoms with Crippen molar-refractivity contribution in [1.29, 1.82) is 0 Å². The molecule has 0 saturated heterocycles. The predicted octanol–water partition coefficient (Wildman–Crippen LogP) is 4.99. The summed E-state index contributed by atoms with van der Waals surface area (Å²) in [5, 5.41) is 12.8. The molecule has 1 aromatic heterocycles. The van der Waals surface area contributed by atoms with Gasteiger partial charge in [-0.25, -0.2) is 4.79 Å². The van der Waals surface area contributed by atoms with Crippen molar-refractivity contribution in [2.24, 2.45) is 0 Å². The van der Waals surface area contributed by atoms with Gasteiger partial charge in [0.25, 0.3) is 0 Å². The van der Waals surface area contributed by atoms with E-state index in [1.807, 2.05) is 31.2 Å². The standard InChI is InChI=1S/C23H21NO5S/c1-3-29-16-6-4-5-14(11-16)17-12-18(25)24-20-19(22(23(26)27)30-21(17)20)13-7-9-15(28-2)10-8-13/h4-11,17H,3,12H2,1-2H3,(H,24,25)(H,26,27)/t17-/m1/s1. The van der Waals surface area contributed by atoms with Gasteiger partial charge in [0.2, 0.25) is 5.91 Å². The highest BCUT2D eigenvalue weighted by Gasteiger charge is 2.34. The quantitative estimate of drug-likeness (QED) is 0.583. The number of fused-ring (bicyclic) bond motifs is 1. The molecule has 2 N–H and O–H groups in total. The van der Waals surface area contributed by atoms with Gasteiger partial charge in [0.05, 0.1) is 19.4 Å². The SMILES string of the molecule is CCOc1cccc([C@H]2CC(=O)Nc3c2sc(C(=O)O)c3-c2ccc(OC)cc2)c1. The zero-order valence-corrected chi connectivity index (χ0v) is 17.4. The number of anilines is 1. The summed E-state index contributed by atoms with van der Waals surface area (Å²) in [6, 6.07) is 14.8. The van der Waals surface area contributed by atoms with Crippen LogP contribution in [0.5, 0.6) is 11.5 Å². The fourth-order valence-electron chi connectivity index (χ4n) is 3.73. The molecule has 0 bridgehead atoms. The average Bonchev–Trinajstić information content (AvgIpc) is 3.13. The van der Waals surface area contributed by atoms with E-state index < -0.39 is 5.97 Å². The summed E-state index contributed by atoms with van der Waals surface area (Å²) in [6.07, 6.45) is 0.254. The minimum atomic E-state index is -1.02. The molecule has 1 aliphatic rings. The van der Waals surface area contributed by atoms with Crippen LogP contribution in [0.4, 0.5) is 5.69 Å². The van der Waals surface area contributed by atoms with Crippen LogP contribution in [0, 0.1) is 0 Å². The number of thiophene rings is 1. The van der Waals surface area contributed by atoms with Crippen molar-refractivity contribution in [2.75, 3.05) is 19.0 Å². The summed E-state index contributed by atoms with van der Waals surface area (Å²) < 4.78 is 10.8. The van der Waals surface area contributed by atoms with Gasteiger partial charge >= 0.3 is 5.97 Å². The number of carboxylic acid groups (broad SMARTS) is 1. The van der Waals surface area contributed by atoms with Crippen molar-refractivity contribution < 1.29 is 24.2 Å². The first-order valence-corrected chi connectivity index (χ1v) is 10.4. The summed E-state index contributed by atoms with van der Waals surface area (Å²) in [4.78, 5) is 25.7. The largest absolute Gasteiger partial charge is 0.497 e. The van der Waals surface area contributed by atoms with Crippen LogP contribution in [0.25, 0.3) is 11.1 Å². The average molecular weight is 423 g/mol. The first-order valence-electron chi connectivity index (χ1n) is 9.58. The van der Waals surface area contributed by atoms with E-state index in [-0.39, 0.29) is 23.1 Å². The maximum absolute atomic E-state index is 12.6. The van der Waals surface area contributed by atoms with Crippen molar-refractivity contribution >= 4 is 28.9 Å². The van der Waals surface area contributed by atoms with E-state index in [1.165, 1.54) is 11.3 Å². The lowest BCUT2D eigenvalue weighted by molar-refractivity contribution is -0.116. The number of rotatable bonds is 6. The Labute approximate surface area is 178 Å². The third-order valence-electron chi connectivity index (χ3n) is 5.05. The van der Waals surface area contributed by atoms with Crippen LogP contribution in [0.3, 0.4) is 0 Å². The van der Waals surface area contributed by atoms with E-state index in [1.54, 1.807) is 31.4 Å². The van der Waals surface area contributed by atoms with Crippen molar-refractivity contribution in [1.82, 2.24) is 0 Å². The van der Waals surface area contributed by atoms with Crippen LogP contribution in [0.2, 0.25) is 0 Å². The number of methoxy groups -OCH3 is 1. The Balaban J connectivity index is 1.86. The topological polar surface area (TPSA) is 84.9 Å². The van der Waals surface area contributed by atoms with E-state index in [4.69, 9.17) is 9.47 Å². The Kier molecular flexibility index (Phi) is 5.46. The molecule has 4 rings (SSSR count). The molecule has 3 aromatic rings. The number of amides is 1. The van der Waals surface area contributed by atoms with Crippen LogP contribution in [-0.4, -0.2) is 30.7 Å². The molecule has 0 radical (unpaired) electrons. The molecule has 2 aromatic carbocycles. The molecule has 1 atom stereocenters. The highest BCUT2D eigenvalue weighted by Crippen LogP contribution is 2.49. The molecule has 0 unspecified atom stereocenters. The van der Waals surface area contributed by atoms with Gasteiger partial charge in [-0.05, 0) is 42.3 Å². The van der Waals surface area contributed by atoms with Gasteiger partial charge in [-0.15, -0.1) is 11.3 Å². The van der Waals surface area contributed by atoms with Gasteiger partial charge in [0.1, 0.15) is 16.4 Å². The van der Waals surface area contributed by atoms with Gasteiger partial charge < -0.3 is 19.9 Å². The number of aromatic carboxylic acids is 1. The number of ether oxygens (including phenoxy) is 2. The van der Waals surface area contributed by atoms with Crippen LogP contribution in [-0.2, 0) is 4.79 Å². The second-order valence-electron chi connectivity index (χ2n) is 6.89. The molecular weight excluding hydrogens is 402 g/mol. The lowest BCUT2D eigenvalue weighted by Gasteiger charge is -2.24. The lowest BCUT2D eigenvalue weighted by Crippen LogP contribution is -2.22. The van der Waals surface area contributed by atoms with Crippen molar-refractivity contribution in [3.63, 3.8) is 0 Å². The molecule has 0 fully saturated rings. The molecule has 0 aliphatic carbocycles. The van der Waals surface area contributed by atoms with Crippen LogP contribution in [0.15, 0.2) is 48.5 Å². The Hall–Kier alpha value is -3.32. The minimum Gasteiger partial charge on any atom is -0.497 e. The van der Waals surface area contributed by atoms with Crippen molar-refractivity contribution in [2.45, 2.75) is 19.3 Å². The van der Waals surface area contributed by atoms with E-state index in [0.29, 0.717) is 23.6 Å². The second kappa shape index (κ2) is 8.20. The molecule has 6 nitrogen and oxygen atoms in total. The molecule has 7 heteroatoms. The minimum absolute atomic E-state index is 0.140.